The number of hydrogen-bond acceptors (Lipinski definition) is 4. The van der Waals surface area contributed by atoms with Gasteiger partial charge >= 0.3 is 5.97 Å². The fourth-order valence-electron chi connectivity index (χ4n) is 3.54. The van der Waals surface area contributed by atoms with E-state index < -0.39 is 0 Å². The van der Waals surface area contributed by atoms with Crippen molar-refractivity contribution in [2.45, 2.75) is 47.1 Å². The van der Waals surface area contributed by atoms with Gasteiger partial charge in [-0.15, -0.1) is 0 Å². The van der Waals surface area contributed by atoms with E-state index in [0.29, 0.717) is 17.9 Å². The van der Waals surface area contributed by atoms with Crippen molar-refractivity contribution in [3.63, 3.8) is 0 Å². The number of methoxy groups -OCH3 is 1. The molecular formula is C21H30BN3O2. The minimum Gasteiger partial charge on any atom is -0.466 e. The highest BCUT2D eigenvalue weighted by molar-refractivity contribution is 6.04. The molecule has 0 amide bonds. The minimum absolute atomic E-state index is 0.293. The highest BCUT2D eigenvalue weighted by Gasteiger charge is 2.19. The summed E-state index contributed by atoms with van der Waals surface area (Å²) in [5, 5.41) is 2.73. The zero-order valence-electron chi connectivity index (χ0n) is 17.1. The Morgan fingerprint density at radius 2 is 2.15 bits per heavy atom. The molecular weight excluding hydrogens is 337 g/mol. The van der Waals surface area contributed by atoms with Gasteiger partial charge in [0.1, 0.15) is 5.82 Å². The summed E-state index contributed by atoms with van der Waals surface area (Å²) in [7, 11) is 6.86. The molecule has 0 saturated carbocycles. The van der Waals surface area contributed by atoms with Crippen molar-refractivity contribution in [3.05, 3.63) is 35.7 Å². The molecule has 2 radical (unpaired) electrons. The molecule has 5 nitrogen and oxygen atoms in total. The van der Waals surface area contributed by atoms with Crippen LogP contribution in [0.5, 0.6) is 0 Å². The van der Waals surface area contributed by atoms with E-state index in [0.717, 1.165) is 41.8 Å². The summed E-state index contributed by atoms with van der Waals surface area (Å²) in [5.41, 5.74) is 3.22. The fraction of sp³-hybridized carbons (Fsp3) is 0.524. The number of nitrogens with one attached hydrogen (secondary N) is 1. The third-order valence-corrected chi connectivity index (χ3v) is 4.44. The van der Waals surface area contributed by atoms with Gasteiger partial charge in [-0.2, -0.15) is 0 Å². The normalized spacial score (nSPS) is 13.4. The topological polar surface area (TPSA) is 56.2 Å². The highest BCUT2D eigenvalue weighted by Crippen LogP contribution is 2.27. The van der Waals surface area contributed by atoms with Gasteiger partial charge in [0.05, 0.1) is 18.1 Å². The van der Waals surface area contributed by atoms with Crippen molar-refractivity contribution in [2.24, 2.45) is 11.3 Å². The highest BCUT2D eigenvalue weighted by atomic mass is 16.5. The van der Waals surface area contributed by atoms with Crippen molar-refractivity contribution in [3.8, 4) is 0 Å². The summed E-state index contributed by atoms with van der Waals surface area (Å²) < 4.78 is 6.88. The molecule has 0 bridgehead atoms. The first-order valence-corrected chi connectivity index (χ1v) is 9.42. The number of rotatable bonds is 8. The molecule has 1 unspecified atom stereocenters. The van der Waals surface area contributed by atoms with Gasteiger partial charge in [-0.25, -0.2) is 9.78 Å². The Morgan fingerprint density at radius 3 is 2.78 bits per heavy atom. The number of hydrogen-bond donors (Lipinski definition) is 1. The third kappa shape index (κ3) is 6.24. The van der Waals surface area contributed by atoms with Crippen LogP contribution in [0.1, 0.15) is 45.5 Å². The number of benzene rings is 1. The second-order valence-electron chi connectivity index (χ2n) is 8.31. The third-order valence-electron chi connectivity index (χ3n) is 4.44. The molecule has 1 aromatic carbocycles. The van der Waals surface area contributed by atoms with Crippen LogP contribution in [-0.2, 0) is 22.5 Å². The van der Waals surface area contributed by atoms with E-state index in [1.54, 1.807) is 6.08 Å². The Kier molecular flexibility index (Phi) is 7.25. The lowest BCUT2D eigenvalue weighted by atomic mass is 9.84. The Balaban J connectivity index is 2.33. The summed E-state index contributed by atoms with van der Waals surface area (Å²) in [6.07, 6.45) is 5.22. The van der Waals surface area contributed by atoms with Crippen LogP contribution in [0.25, 0.3) is 17.1 Å². The summed E-state index contributed by atoms with van der Waals surface area (Å²) >= 11 is 0. The maximum atomic E-state index is 11.3. The zero-order chi connectivity index (χ0) is 20.0. The number of aromatic nitrogens is 2. The van der Waals surface area contributed by atoms with Gasteiger partial charge in [0.25, 0.3) is 0 Å². The van der Waals surface area contributed by atoms with Gasteiger partial charge < -0.3 is 14.5 Å². The van der Waals surface area contributed by atoms with Crippen LogP contribution >= 0.6 is 0 Å². The van der Waals surface area contributed by atoms with Gasteiger partial charge in [-0.05, 0) is 41.5 Å². The molecule has 6 heteroatoms. The zero-order valence-corrected chi connectivity index (χ0v) is 17.1. The Bertz CT molecular complexity index is 806. The molecule has 2 aromatic rings. The number of carbonyl (C=O) groups is 1. The smallest absolute Gasteiger partial charge is 0.330 e. The molecule has 1 aromatic heterocycles. The van der Waals surface area contributed by atoms with Crippen molar-refractivity contribution >= 4 is 31.1 Å². The first-order chi connectivity index (χ1) is 12.7. The molecule has 0 aliphatic rings. The van der Waals surface area contributed by atoms with E-state index in [4.69, 9.17) is 13.0 Å². The van der Waals surface area contributed by atoms with Crippen LogP contribution in [0, 0.1) is 11.3 Å². The Morgan fingerprint density at radius 1 is 1.41 bits per heavy atom. The minimum atomic E-state index is -0.369. The predicted molar refractivity (Wildman–Crippen MR) is 111 cm³/mol. The molecule has 1 heterocycles. The van der Waals surface area contributed by atoms with Gasteiger partial charge in [-0.3, -0.25) is 0 Å². The second-order valence-corrected chi connectivity index (χ2v) is 8.31. The van der Waals surface area contributed by atoms with E-state index >= 15 is 0 Å². The summed E-state index contributed by atoms with van der Waals surface area (Å²) in [4.78, 5) is 16.2. The van der Waals surface area contributed by atoms with Crippen molar-refractivity contribution in [1.82, 2.24) is 14.8 Å². The molecule has 0 fully saturated rings. The van der Waals surface area contributed by atoms with Crippen LogP contribution in [-0.4, -0.2) is 37.2 Å². The van der Waals surface area contributed by atoms with Gasteiger partial charge in [0.2, 0.25) is 0 Å². The van der Waals surface area contributed by atoms with Crippen molar-refractivity contribution in [2.75, 3.05) is 13.7 Å². The predicted octanol–water partition coefficient (Wildman–Crippen LogP) is 3.51. The maximum Gasteiger partial charge on any atom is 0.330 e. The number of ether oxygens (including phenoxy) is 1. The molecule has 0 aliphatic heterocycles. The molecule has 2 rings (SSSR count). The fourth-order valence-corrected chi connectivity index (χ4v) is 3.54. The number of carbonyl (C=O) groups excluding carboxylic acids is 1. The Hall–Kier alpha value is -2.08. The van der Waals surface area contributed by atoms with Gasteiger partial charge in [-0.1, -0.05) is 33.8 Å². The largest absolute Gasteiger partial charge is 0.466 e. The summed E-state index contributed by atoms with van der Waals surface area (Å²) in [5.74, 6) is 1.24. The van der Waals surface area contributed by atoms with E-state index in [-0.39, 0.29) is 5.97 Å². The summed E-state index contributed by atoms with van der Waals surface area (Å²) in [6, 6.07) is 6.03. The monoisotopic (exact) mass is 367 g/mol. The van der Waals surface area contributed by atoms with Crippen LogP contribution in [0.4, 0.5) is 0 Å². The standard InChI is InChI=1S/C21H30BN3O2/c1-15(14-21(2,3)4)12-19-24-17-13-16(7-9-20(26)27-5)6-8-18(17)25(19)11-10-23-22/h6-9,13,15,23H,10-12,14H2,1-5H3/b9-7+. The van der Waals surface area contributed by atoms with Crippen LogP contribution < -0.4 is 5.23 Å². The average molecular weight is 367 g/mol. The van der Waals surface area contributed by atoms with E-state index in [9.17, 15) is 4.79 Å². The van der Waals surface area contributed by atoms with Crippen molar-refractivity contribution < 1.29 is 9.53 Å². The van der Waals surface area contributed by atoms with Crippen LogP contribution in [0.2, 0.25) is 0 Å². The van der Waals surface area contributed by atoms with Crippen LogP contribution in [0.3, 0.4) is 0 Å². The molecule has 27 heavy (non-hydrogen) atoms. The number of esters is 1. The molecule has 1 atom stereocenters. The lowest BCUT2D eigenvalue weighted by molar-refractivity contribution is -0.134. The molecule has 0 saturated heterocycles. The molecule has 0 aliphatic carbocycles. The van der Waals surface area contributed by atoms with Crippen LogP contribution in [0.15, 0.2) is 24.3 Å². The molecule has 0 spiro atoms. The van der Waals surface area contributed by atoms with E-state index in [1.807, 2.05) is 18.2 Å². The average Bonchev–Trinajstić information content (AvgIpc) is 2.92. The summed E-state index contributed by atoms with van der Waals surface area (Å²) in [6.45, 7) is 10.5. The van der Waals surface area contributed by atoms with Gasteiger partial charge in [0, 0.05) is 25.6 Å². The lowest BCUT2D eigenvalue weighted by Crippen LogP contribution is -2.19. The quantitative estimate of drug-likeness (QED) is 0.441. The SMILES string of the molecule is [B]NCCn1c(CC(C)CC(C)(C)C)nc2cc(/C=C/C(=O)OC)ccc21. The maximum absolute atomic E-state index is 11.3. The lowest BCUT2D eigenvalue weighted by Gasteiger charge is -2.23. The molecule has 144 valence electrons. The van der Waals surface area contributed by atoms with E-state index in [2.05, 4.69) is 42.2 Å². The number of imidazole rings is 1. The van der Waals surface area contributed by atoms with Gasteiger partial charge in [0.15, 0.2) is 7.98 Å². The Labute approximate surface area is 163 Å². The number of nitrogens with zero attached hydrogens (tertiary/aromatic N) is 2. The van der Waals surface area contributed by atoms with E-state index in [1.165, 1.54) is 13.2 Å². The number of fused-ring (bicyclic) bond motifs is 1. The second kappa shape index (κ2) is 9.22. The van der Waals surface area contributed by atoms with Crippen molar-refractivity contribution in [1.29, 1.82) is 0 Å². The first-order valence-electron chi connectivity index (χ1n) is 9.42. The molecule has 1 N–H and O–H groups in total. The first kappa shape index (κ1) is 21.2.